The normalized spacial score (nSPS) is 13.6. The van der Waals surface area contributed by atoms with Crippen molar-refractivity contribution in [2.24, 2.45) is 0 Å². The summed E-state index contributed by atoms with van der Waals surface area (Å²) in [5, 5.41) is 14.3. The maximum absolute atomic E-state index is 13.0. The fourth-order valence-electron chi connectivity index (χ4n) is 4.26. The zero-order valence-electron chi connectivity index (χ0n) is 21.5. The van der Waals surface area contributed by atoms with Crippen LogP contribution in [0.1, 0.15) is 43.1 Å². The van der Waals surface area contributed by atoms with E-state index in [0.717, 1.165) is 19.6 Å². The molecule has 1 fully saturated rings. The summed E-state index contributed by atoms with van der Waals surface area (Å²) in [6.07, 6.45) is 5.82. The summed E-state index contributed by atoms with van der Waals surface area (Å²) >= 11 is 0. The summed E-state index contributed by atoms with van der Waals surface area (Å²) in [7, 11) is 0. The Morgan fingerprint density at radius 3 is 2.74 bits per heavy atom. The maximum Gasteiger partial charge on any atom is 0.318 e. The van der Waals surface area contributed by atoms with Gasteiger partial charge < -0.3 is 19.9 Å². The zero-order chi connectivity index (χ0) is 26.3. The zero-order valence-corrected chi connectivity index (χ0v) is 21.5. The van der Waals surface area contributed by atoms with Gasteiger partial charge in [0.2, 0.25) is 0 Å². The van der Waals surface area contributed by atoms with Crippen LogP contribution in [0.25, 0.3) is 11.5 Å². The molecule has 0 unspecified atom stereocenters. The molecule has 0 spiro atoms. The molecule has 1 aliphatic rings. The van der Waals surface area contributed by atoms with Gasteiger partial charge in [0.25, 0.3) is 5.91 Å². The Morgan fingerprint density at radius 2 is 1.89 bits per heavy atom. The molecule has 0 aliphatic carbocycles. The third kappa shape index (κ3) is 6.30. The SMILES string of the molecule is CC(C)n1cnnc1-c1cccc(NC(=O)c2cccc(Nc3ccnc(OCCN4CCCC4)n3)c2)n1. The van der Waals surface area contributed by atoms with E-state index in [1.165, 1.54) is 12.8 Å². The Kier molecular flexibility index (Phi) is 7.84. The molecule has 38 heavy (non-hydrogen) atoms. The molecule has 1 saturated heterocycles. The number of carbonyl (C=O) groups is 1. The van der Waals surface area contributed by atoms with Crippen LogP contribution in [0, 0.1) is 0 Å². The van der Waals surface area contributed by atoms with Crippen LogP contribution in [0.3, 0.4) is 0 Å². The third-order valence-electron chi connectivity index (χ3n) is 6.22. The predicted octanol–water partition coefficient (Wildman–Crippen LogP) is 4.18. The van der Waals surface area contributed by atoms with E-state index in [-0.39, 0.29) is 11.9 Å². The number of pyridine rings is 1. The van der Waals surface area contributed by atoms with E-state index in [2.05, 4.69) is 40.7 Å². The molecule has 4 aromatic rings. The van der Waals surface area contributed by atoms with Crippen LogP contribution in [0.5, 0.6) is 6.01 Å². The summed E-state index contributed by atoms with van der Waals surface area (Å²) in [5.74, 6) is 1.37. The van der Waals surface area contributed by atoms with Crippen LogP contribution in [-0.2, 0) is 0 Å². The summed E-state index contributed by atoms with van der Waals surface area (Å²) < 4.78 is 7.68. The number of likely N-dealkylation sites (tertiary alicyclic amines) is 1. The van der Waals surface area contributed by atoms with Gasteiger partial charge >= 0.3 is 6.01 Å². The van der Waals surface area contributed by atoms with E-state index in [0.29, 0.717) is 47.0 Å². The van der Waals surface area contributed by atoms with Crippen LogP contribution in [0.4, 0.5) is 17.3 Å². The standard InChI is InChI=1S/C27H31N9O2/c1-19(2)36-18-29-34-25(36)22-9-6-10-23(31-22)32-26(37)20-7-5-8-21(17-20)30-24-11-12-28-27(33-24)38-16-15-35-13-3-4-14-35/h5-12,17-19H,3-4,13-16H2,1-2H3,(H,28,30,33)(H,31,32,37). The molecule has 1 amide bonds. The molecular weight excluding hydrogens is 482 g/mol. The van der Waals surface area contributed by atoms with E-state index in [1.54, 1.807) is 42.9 Å². The van der Waals surface area contributed by atoms with Crippen molar-refractivity contribution >= 4 is 23.2 Å². The molecule has 0 bridgehead atoms. The van der Waals surface area contributed by atoms with Gasteiger partial charge in [-0.3, -0.25) is 9.69 Å². The molecule has 4 heterocycles. The summed E-state index contributed by atoms with van der Waals surface area (Å²) in [6.45, 7) is 7.75. The van der Waals surface area contributed by atoms with Crippen molar-refractivity contribution in [2.45, 2.75) is 32.7 Å². The molecule has 1 aromatic carbocycles. The number of nitrogens with one attached hydrogen (secondary N) is 2. The Morgan fingerprint density at radius 1 is 1.05 bits per heavy atom. The molecule has 11 heteroatoms. The first-order valence-corrected chi connectivity index (χ1v) is 12.8. The first-order chi connectivity index (χ1) is 18.5. The molecule has 0 radical (unpaired) electrons. The first kappa shape index (κ1) is 25.3. The Hall–Kier alpha value is -4.38. The molecule has 0 atom stereocenters. The fraction of sp³-hybridized carbons (Fsp3) is 0.333. The predicted molar refractivity (Wildman–Crippen MR) is 145 cm³/mol. The summed E-state index contributed by atoms with van der Waals surface area (Å²) in [6, 6.07) is 14.8. The van der Waals surface area contributed by atoms with Crippen molar-refractivity contribution in [3.05, 3.63) is 66.6 Å². The lowest BCUT2D eigenvalue weighted by Crippen LogP contribution is -2.25. The molecule has 3 aromatic heterocycles. The van der Waals surface area contributed by atoms with Gasteiger partial charge in [-0.15, -0.1) is 10.2 Å². The van der Waals surface area contributed by atoms with E-state index >= 15 is 0 Å². The van der Waals surface area contributed by atoms with Crippen molar-refractivity contribution < 1.29 is 9.53 Å². The molecule has 196 valence electrons. The van der Waals surface area contributed by atoms with Crippen LogP contribution in [0.15, 0.2) is 61.1 Å². The molecule has 2 N–H and O–H groups in total. The summed E-state index contributed by atoms with van der Waals surface area (Å²) in [5.41, 5.74) is 1.82. The number of ether oxygens (including phenoxy) is 1. The first-order valence-electron chi connectivity index (χ1n) is 12.8. The quantitative estimate of drug-likeness (QED) is 0.321. The van der Waals surface area contributed by atoms with Gasteiger partial charge in [0.1, 0.15) is 30.3 Å². The molecule has 0 saturated carbocycles. The average molecular weight is 514 g/mol. The fourth-order valence-corrected chi connectivity index (χ4v) is 4.26. The highest BCUT2D eigenvalue weighted by molar-refractivity contribution is 6.04. The van der Waals surface area contributed by atoms with Gasteiger partial charge in [0.05, 0.1) is 0 Å². The van der Waals surface area contributed by atoms with Crippen molar-refractivity contribution in [1.82, 2.24) is 34.6 Å². The second-order valence-corrected chi connectivity index (χ2v) is 9.35. The van der Waals surface area contributed by atoms with Gasteiger partial charge in [-0.05, 0) is 76.2 Å². The lowest BCUT2D eigenvalue weighted by molar-refractivity contribution is 0.102. The van der Waals surface area contributed by atoms with Crippen LogP contribution in [-0.4, -0.2) is 66.8 Å². The van der Waals surface area contributed by atoms with E-state index in [9.17, 15) is 4.79 Å². The van der Waals surface area contributed by atoms with Gasteiger partial charge in [0, 0.05) is 30.0 Å². The Balaban J connectivity index is 1.22. The molecule has 11 nitrogen and oxygen atoms in total. The molecule has 5 rings (SSSR count). The minimum absolute atomic E-state index is 0.183. The minimum Gasteiger partial charge on any atom is -0.462 e. The lowest BCUT2D eigenvalue weighted by Gasteiger charge is -2.14. The highest BCUT2D eigenvalue weighted by Crippen LogP contribution is 2.21. The number of hydrogen-bond donors (Lipinski definition) is 2. The van der Waals surface area contributed by atoms with E-state index in [1.807, 2.05) is 36.6 Å². The smallest absolute Gasteiger partial charge is 0.318 e. The van der Waals surface area contributed by atoms with Gasteiger partial charge in [-0.25, -0.2) is 9.97 Å². The Bertz CT molecular complexity index is 1380. The van der Waals surface area contributed by atoms with Crippen molar-refractivity contribution in [2.75, 3.05) is 36.9 Å². The number of carbonyl (C=O) groups excluding carboxylic acids is 1. The lowest BCUT2D eigenvalue weighted by atomic mass is 10.2. The second-order valence-electron chi connectivity index (χ2n) is 9.35. The number of anilines is 3. The van der Waals surface area contributed by atoms with Crippen molar-refractivity contribution in [3.8, 4) is 17.5 Å². The number of rotatable bonds is 10. The number of nitrogens with zero attached hydrogens (tertiary/aromatic N) is 7. The maximum atomic E-state index is 13.0. The molecule has 1 aliphatic heterocycles. The second kappa shape index (κ2) is 11.8. The highest BCUT2D eigenvalue weighted by Gasteiger charge is 2.14. The van der Waals surface area contributed by atoms with Crippen LogP contribution in [0.2, 0.25) is 0 Å². The van der Waals surface area contributed by atoms with Crippen LogP contribution >= 0.6 is 0 Å². The number of hydrogen-bond acceptors (Lipinski definition) is 9. The monoisotopic (exact) mass is 513 g/mol. The van der Waals surface area contributed by atoms with Gasteiger partial charge in [-0.1, -0.05) is 12.1 Å². The topological polar surface area (TPSA) is 123 Å². The number of amides is 1. The average Bonchev–Trinajstić information content (AvgIpc) is 3.62. The van der Waals surface area contributed by atoms with Crippen LogP contribution < -0.4 is 15.4 Å². The van der Waals surface area contributed by atoms with Crippen molar-refractivity contribution in [1.29, 1.82) is 0 Å². The Labute approximate surface area is 221 Å². The van der Waals surface area contributed by atoms with Crippen molar-refractivity contribution in [3.63, 3.8) is 0 Å². The molecular formula is C27H31N9O2. The third-order valence-corrected chi connectivity index (χ3v) is 6.22. The van der Waals surface area contributed by atoms with E-state index < -0.39 is 0 Å². The summed E-state index contributed by atoms with van der Waals surface area (Å²) in [4.78, 5) is 28.6. The highest BCUT2D eigenvalue weighted by atomic mass is 16.5. The minimum atomic E-state index is -0.280. The number of benzene rings is 1. The largest absolute Gasteiger partial charge is 0.462 e. The number of aromatic nitrogens is 6. The van der Waals surface area contributed by atoms with Gasteiger partial charge in [-0.2, -0.15) is 4.98 Å². The van der Waals surface area contributed by atoms with E-state index in [4.69, 9.17) is 4.74 Å². The van der Waals surface area contributed by atoms with Gasteiger partial charge in [0.15, 0.2) is 5.82 Å².